The maximum absolute atomic E-state index is 10.7. The first-order chi connectivity index (χ1) is 9.49. The Bertz CT molecular complexity index is 468. The summed E-state index contributed by atoms with van der Waals surface area (Å²) >= 11 is 1.22. The molecule has 1 N–H and O–H groups in total. The summed E-state index contributed by atoms with van der Waals surface area (Å²) in [5, 5.41) is 20.1. The van der Waals surface area contributed by atoms with Crippen LogP contribution in [-0.4, -0.2) is 69.8 Å². The highest BCUT2D eigenvalue weighted by Gasteiger charge is 2.23. The summed E-state index contributed by atoms with van der Waals surface area (Å²) in [6, 6.07) is 0. The number of carboxylic acids is 1. The van der Waals surface area contributed by atoms with Crippen LogP contribution in [0.3, 0.4) is 0 Å². The van der Waals surface area contributed by atoms with Gasteiger partial charge in [-0.05, 0) is 7.05 Å². The molecule has 1 aliphatic rings. The van der Waals surface area contributed by atoms with Crippen molar-refractivity contribution >= 4 is 17.7 Å². The number of carbonyl (C=O) groups is 1. The maximum Gasteiger partial charge on any atom is 0.313 e. The third kappa shape index (κ3) is 3.43. The van der Waals surface area contributed by atoms with Gasteiger partial charge in [-0.2, -0.15) is 0 Å². The Kier molecular flexibility index (Phi) is 4.87. The molecule has 20 heavy (non-hydrogen) atoms. The molecule has 2 heterocycles. The molecule has 112 valence electrons. The van der Waals surface area contributed by atoms with E-state index in [1.54, 1.807) is 0 Å². The second-order valence-corrected chi connectivity index (χ2v) is 6.19. The van der Waals surface area contributed by atoms with Gasteiger partial charge in [0.05, 0.1) is 5.75 Å². The van der Waals surface area contributed by atoms with Crippen LogP contribution in [0, 0.1) is 0 Å². The molecule has 7 nitrogen and oxygen atoms in total. The molecule has 0 bridgehead atoms. The number of piperazine rings is 1. The molecule has 1 aromatic rings. The van der Waals surface area contributed by atoms with E-state index in [-0.39, 0.29) is 11.7 Å². The normalized spacial score (nSPS) is 16.9. The molecular weight excluding hydrogens is 278 g/mol. The van der Waals surface area contributed by atoms with Crippen molar-refractivity contribution in [3.05, 3.63) is 5.82 Å². The topological polar surface area (TPSA) is 74.5 Å². The molecule has 0 radical (unpaired) electrons. The van der Waals surface area contributed by atoms with E-state index in [4.69, 9.17) is 5.11 Å². The van der Waals surface area contributed by atoms with Crippen LogP contribution < -0.4 is 5.01 Å². The van der Waals surface area contributed by atoms with Gasteiger partial charge in [0.1, 0.15) is 0 Å². The molecule has 1 aliphatic heterocycles. The Labute approximate surface area is 122 Å². The lowest BCUT2D eigenvalue weighted by Gasteiger charge is -2.35. The summed E-state index contributed by atoms with van der Waals surface area (Å²) in [6.45, 7) is 7.91. The first-order valence-corrected chi connectivity index (χ1v) is 7.71. The number of hydrogen-bond acceptors (Lipinski definition) is 6. The zero-order valence-corrected chi connectivity index (χ0v) is 12.9. The third-order valence-corrected chi connectivity index (χ3v) is 4.14. The number of carboxylic acid groups (broad SMARTS) is 1. The van der Waals surface area contributed by atoms with Crippen molar-refractivity contribution in [3.63, 3.8) is 0 Å². The van der Waals surface area contributed by atoms with Crippen LogP contribution in [0.1, 0.15) is 25.6 Å². The van der Waals surface area contributed by atoms with E-state index in [0.717, 1.165) is 32.0 Å². The van der Waals surface area contributed by atoms with Crippen molar-refractivity contribution in [3.8, 4) is 0 Å². The lowest BCUT2D eigenvalue weighted by Crippen LogP contribution is -2.50. The summed E-state index contributed by atoms with van der Waals surface area (Å²) in [7, 11) is 2.10. The minimum absolute atomic E-state index is 0.00394. The van der Waals surface area contributed by atoms with Gasteiger partial charge in [-0.15, -0.1) is 10.2 Å². The van der Waals surface area contributed by atoms with Gasteiger partial charge in [0.2, 0.25) is 5.16 Å². The number of rotatable bonds is 5. The number of hydrogen-bond donors (Lipinski definition) is 1. The SMILES string of the molecule is CC(C)c1nnc(SCC(=O)O)n1N1CCN(C)CC1. The van der Waals surface area contributed by atoms with Gasteiger partial charge >= 0.3 is 5.97 Å². The molecule has 0 spiro atoms. The second-order valence-electron chi connectivity index (χ2n) is 5.25. The summed E-state index contributed by atoms with van der Waals surface area (Å²) < 4.78 is 2.01. The number of nitrogens with zero attached hydrogens (tertiary/aromatic N) is 5. The molecule has 0 atom stereocenters. The number of aromatic nitrogens is 3. The molecule has 0 amide bonds. The fraction of sp³-hybridized carbons (Fsp3) is 0.750. The predicted octanol–water partition coefficient (Wildman–Crippen LogP) is 0.462. The lowest BCUT2D eigenvalue weighted by molar-refractivity contribution is -0.133. The molecular formula is C12H21N5O2S. The minimum Gasteiger partial charge on any atom is -0.481 e. The maximum atomic E-state index is 10.7. The minimum atomic E-state index is -0.839. The Balaban J connectivity index is 2.22. The van der Waals surface area contributed by atoms with E-state index in [1.807, 2.05) is 4.68 Å². The van der Waals surface area contributed by atoms with E-state index < -0.39 is 5.97 Å². The van der Waals surface area contributed by atoms with E-state index in [1.165, 1.54) is 11.8 Å². The summed E-state index contributed by atoms with van der Waals surface area (Å²) in [4.78, 5) is 13.0. The van der Waals surface area contributed by atoms with Gasteiger partial charge < -0.3 is 15.0 Å². The monoisotopic (exact) mass is 299 g/mol. The van der Waals surface area contributed by atoms with Crippen LogP contribution in [-0.2, 0) is 4.79 Å². The first kappa shape index (κ1) is 15.1. The fourth-order valence-electron chi connectivity index (χ4n) is 2.11. The average molecular weight is 299 g/mol. The average Bonchev–Trinajstić information content (AvgIpc) is 2.81. The van der Waals surface area contributed by atoms with Crippen molar-refractivity contribution in [2.24, 2.45) is 0 Å². The molecule has 0 unspecified atom stereocenters. The Morgan fingerprint density at radius 1 is 1.30 bits per heavy atom. The van der Waals surface area contributed by atoms with Crippen LogP contribution in [0.5, 0.6) is 0 Å². The quantitative estimate of drug-likeness (QED) is 0.792. The summed E-state index contributed by atoms with van der Waals surface area (Å²) in [5.41, 5.74) is 0. The second kappa shape index (κ2) is 6.45. The van der Waals surface area contributed by atoms with Crippen LogP contribution >= 0.6 is 11.8 Å². The molecule has 2 rings (SSSR count). The molecule has 1 fully saturated rings. The Hall–Kier alpha value is -1.28. The van der Waals surface area contributed by atoms with Gasteiger partial charge in [0.15, 0.2) is 5.82 Å². The summed E-state index contributed by atoms with van der Waals surface area (Å²) in [6.07, 6.45) is 0. The van der Waals surface area contributed by atoms with Crippen LogP contribution in [0.15, 0.2) is 5.16 Å². The predicted molar refractivity (Wildman–Crippen MR) is 77.9 cm³/mol. The number of thioether (sulfide) groups is 1. The van der Waals surface area contributed by atoms with E-state index in [2.05, 4.69) is 41.0 Å². The molecule has 0 aromatic carbocycles. The van der Waals surface area contributed by atoms with Gasteiger partial charge in [-0.3, -0.25) is 4.79 Å². The molecule has 1 saturated heterocycles. The molecule has 8 heteroatoms. The van der Waals surface area contributed by atoms with Gasteiger partial charge in [-0.1, -0.05) is 25.6 Å². The fourth-order valence-corrected chi connectivity index (χ4v) is 2.80. The summed E-state index contributed by atoms with van der Waals surface area (Å²) in [5.74, 6) is 0.307. The molecule has 0 saturated carbocycles. The van der Waals surface area contributed by atoms with E-state index in [0.29, 0.717) is 5.16 Å². The van der Waals surface area contributed by atoms with Crippen molar-refractivity contribution < 1.29 is 9.90 Å². The van der Waals surface area contributed by atoms with Crippen molar-refractivity contribution in [2.75, 3.05) is 44.0 Å². The highest BCUT2D eigenvalue weighted by molar-refractivity contribution is 7.99. The number of likely N-dealkylation sites (N-methyl/N-ethyl adjacent to an activating group) is 1. The lowest BCUT2D eigenvalue weighted by atomic mass is 10.2. The smallest absolute Gasteiger partial charge is 0.313 e. The van der Waals surface area contributed by atoms with Crippen LogP contribution in [0.4, 0.5) is 0 Å². The zero-order valence-electron chi connectivity index (χ0n) is 12.1. The highest BCUT2D eigenvalue weighted by Crippen LogP contribution is 2.22. The van der Waals surface area contributed by atoms with Crippen molar-refractivity contribution in [1.82, 2.24) is 19.8 Å². The number of aliphatic carboxylic acids is 1. The van der Waals surface area contributed by atoms with Crippen molar-refractivity contribution in [1.29, 1.82) is 0 Å². The largest absolute Gasteiger partial charge is 0.481 e. The van der Waals surface area contributed by atoms with Gasteiger partial charge in [0.25, 0.3) is 0 Å². The first-order valence-electron chi connectivity index (χ1n) is 6.72. The zero-order chi connectivity index (χ0) is 14.7. The van der Waals surface area contributed by atoms with Gasteiger partial charge in [-0.25, -0.2) is 4.68 Å². The Morgan fingerprint density at radius 3 is 2.50 bits per heavy atom. The van der Waals surface area contributed by atoms with E-state index in [9.17, 15) is 4.79 Å². The molecule has 1 aromatic heterocycles. The molecule has 0 aliphatic carbocycles. The van der Waals surface area contributed by atoms with Gasteiger partial charge in [0, 0.05) is 32.1 Å². The van der Waals surface area contributed by atoms with Crippen LogP contribution in [0.2, 0.25) is 0 Å². The van der Waals surface area contributed by atoms with E-state index >= 15 is 0 Å². The third-order valence-electron chi connectivity index (χ3n) is 3.24. The van der Waals surface area contributed by atoms with Crippen LogP contribution in [0.25, 0.3) is 0 Å². The van der Waals surface area contributed by atoms with Crippen molar-refractivity contribution in [2.45, 2.75) is 24.9 Å². The standard InChI is InChI=1S/C12H21N5O2S/c1-9(2)11-13-14-12(20-8-10(18)19)17(11)16-6-4-15(3)5-7-16/h9H,4-8H2,1-3H3,(H,18,19). The highest BCUT2D eigenvalue weighted by atomic mass is 32.2. The Morgan fingerprint density at radius 2 is 1.95 bits per heavy atom.